The fraction of sp³-hybridized carbons (Fsp3) is 0.571. The zero-order valence-corrected chi connectivity index (χ0v) is 18.6. The highest BCUT2D eigenvalue weighted by atomic mass is 32.2. The van der Waals surface area contributed by atoms with E-state index in [0.717, 1.165) is 6.26 Å². The second kappa shape index (κ2) is 9.24. The van der Waals surface area contributed by atoms with Crippen LogP contribution < -0.4 is 5.32 Å². The lowest BCUT2D eigenvalue weighted by Crippen LogP contribution is -2.53. The van der Waals surface area contributed by atoms with Crippen LogP contribution >= 0.6 is 0 Å². The van der Waals surface area contributed by atoms with E-state index in [1.54, 1.807) is 20.8 Å². The molecule has 1 saturated heterocycles. The number of rotatable bonds is 7. The van der Waals surface area contributed by atoms with Gasteiger partial charge in [0.15, 0.2) is 15.6 Å². The summed E-state index contributed by atoms with van der Waals surface area (Å²) < 4.78 is 35.9. The van der Waals surface area contributed by atoms with Crippen molar-refractivity contribution in [3.05, 3.63) is 35.6 Å². The predicted octanol–water partition coefficient (Wildman–Crippen LogP) is 1.46. The summed E-state index contributed by atoms with van der Waals surface area (Å²) in [6, 6.07) is 4.80. The lowest BCUT2D eigenvalue weighted by atomic mass is 9.83. The highest BCUT2D eigenvalue weighted by Crippen LogP contribution is 2.24. The number of nitrogens with zero attached hydrogens (tertiary/aromatic N) is 1. The molecule has 2 amide bonds. The molecule has 1 aromatic rings. The Morgan fingerprint density at radius 2 is 1.83 bits per heavy atom. The molecule has 9 heteroatoms. The standard InChI is InChI=1S/C21H29FN2O5S/c1-14(23-20(27)21(2,3)16-7-9-17(22)10-8-16)19(26)24-11-5-6-15(12-24)18(25)13-30(4,28)29/h7-10,14-15H,5-6,11-13H2,1-4H3,(H,23,27)/t14-,15-/m1/s1. The Bertz CT molecular complexity index is 912. The second-order valence-electron chi connectivity index (χ2n) is 8.49. The number of carbonyl (C=O) groups is 3. The molecule has 2 atom stereocenters. The Kier molecular flexibility index (Phi) is 7.39. The molecule has 7 nitrogen and oxygen atoms in total. The van der Waals surface area contributed by atoms with Gasteiger partial charge in [-0.25, -0.2) is 12.8 Å². The summed E-state index contributed by atoms with van der Waals surface area (Å²) in [4.78, 5) is 39.3. The van der Waals surface area contributed by atoms with Crippen molar-refractivity contribution in [2.75, 3.05) is 25.1 Å². The first-order chi connectivity index (χ1) is 13.8. The van der Waals surface area contributed by atoms with Crippen molar-refractivity contribution in [1.82, 2.24) is 10.2 Å². The minimum Gasteiger partial charge on any atom is -0.344 e. The Hall–Kier alpha value is -2.29. The Morgan fingerprint density at radius 1 is 1.23 bits per heavy atom. The van der Waals surface area contributed by atoms with Crippen molar-refractivity contribution < 1.29 is 27.2 Å². The van der Waals surface area contributed by atoms with Gasteiger partial charge in [0, 0.05) is 25.3 Å². The first kappa shape index (κ1) is 24.0. The van der Waals surface area contributed by atoms with Crippen molar-refractivity contribution in [1.29, 1.82) is 0 Å². The summed E-state index contributed by atoms with van der Waals surface area (Å²) in [7, 11) is -3.42. The van der Waals surface area contributed by atoms with Gasteiger partial charge in [-0.1, -0.05) is 12.1 Å². The number of hydrogen-bond acceptors (Lipinski definition) is 5. The zero-order chi connectivity index (χ0) is 22.7. The molecule has 30 heavy (non-hydrogen) atoms. The molecule has 0 saturated carbocycles. The molecule has 0 radical (unpaired) electrons. The molecular formula is C21H29FN2O5S. The lowest BCUT2D eigenvalue weighted by Gasteiger charge is -2.34. The van der Waals surface area contributed by atoms with E-state index in [-0.39, 0.29) is 24.1 Å². The first-order valence-electron chi connectivity index (χ1n) is 9.87. The summed E-state index contributed by atoms with van der Waals surface area (Å²) in [5, 5.41) is 2.71. The molecular weight excluding hydrogens is 411 g/mol. The molecule has 0 bridgehead atoms. The third-order valence-corrected chi connectivity index (χ3v) is 6.25. The van der Waals surface area contributed by atoms with Gasteiger partial charge in [0.05, 0.1) is 5.41 Å². The molecule has 166 valence electrons. The van der Waals surface area contributed by atoms with Gasteiger partial charge in [0.1, 0.15) is 17.6 Å². The quantitative estimate of drug-likeness (QED) is 0.692. The van der Waals surface area contributed by atoms with Crippen molar-refractivity contribution in [3.8, 4) is 0 Å². The monoisotopic (exact) mass is 440 g/mol. The van der Waals surface area contributed by atoms with E-state index in [2.05, 4.69) is 5.32 Å². The van der Waals surface area contributed by atoms with E-state index in [9.17, 15) is 27.2 Å². The van der Waals surface area contributed by atoms with Gasteiger partial charge in [-0.3, -0.25) is 14.4 Å². The van der Waals surface area contributed by atoms with Gasteiger partial charge >= 0.3 is 0 Å². The van der Waals surface area contributed by atoms with Crippen LogP contribution in [0.2, 0.25) is 0 Å². The van der Waals surface area contributed by atoms with Crippen LogP contribution in [0, 0.1) is 11.7 Å². The number of Topliss-reactive ketones (excluding diaryl/α,β-unsaturated/α-hetero) is 1. The number of nitrogens with one attached hydrogen (secondary N) is 1. The highest BCUT2D eigenvalue weighted by Gasteiger charge is 2.35. The third-order valence-electron chi connectivity index (χ3n) is 5.44. The van der Waals surface area contributed by atoms with Crippen molar-refractivity contribution in [3.63, 3.8) is 0 Å². The number of halogens is 1. The number of ketones is 1. The van der Waals surface area contributed by atoms with Gasteiger partial charge < -0.3 is 10.2 Å². The topological polar surface area (TPSA) is 101 Å². The summed E-state index contributed by atoms with van der Waals surface area (Å²) in [6.45, 7) is 5.54. The average molecular weight is 441 g/mol. The van der Waals surface area contributed by atoms with Crippen LogP contribution in [0.4, 0.5) is 4.39 Å². The second-order valence-corrected chi connectivity index (χ2v) is 10.6. The van der Waals surface area contributed by atoms with E-state index >= 15 is 0 Å². The molecule has 2 rings (SSSR count). The molecule has 0 aromatic heterocycles. The molecule has 1 aliphatic rings. The van der Waals surface area contributed by atoms with Crippen LogP contribution in [0.25, 0.3) is 0 Å². The molecule has 0 spiro atoms. The minimum absolute atomic E-state index is 0.148. The zero-order valence-electron chi connectivity index (χ0n) is 17.8. The Morgan fingerprint density at radius 3 is 2.40 bits per heavy atom. The number of sulfone groups is 1. The van der Waals surface area contributed by atoms with Gasteiger partial charge in [0.2, 0.25) is 11.8 Å². The minimum atomic E-state index is -3.42. The van der Waals surface area contributed by atoms with Crippen molar-refractivity contribution >= 4 is 27.4 Å². The number of hydrogen-bond donors (Lipinski definition) is 1. The largest absolute Gasteiger partial charge is 0.344 e. The number of amides is 2. The SMILES string of the molecule is C[C@@H](NC(=O)C(C)(C)c1ccc(F)cc1)C(=O)N1CCC[C@@H](C(=O)CS(C)(=O)=O)C1. The van der Waals surface area contributed by atoms with E-state index < -0.39 is 38.8 Å². The number of likely N-dealkylation sites (tertiary alicyclic amines) is 1. The molecule has 0 aliphatic carbocycles. The molecule has 1 fully saturated rings. The van der Waals surface area contributed by atoms with Crippen LogP contribution in [0.3, 0.4) is 0 Å². The maximum absolute atomic E-state index is 13.2. The van der Waals surface area contributed by atoms with Crippen molar-refractivity contribution in [2.24, 2.45) is 5.92 Å². The summed E-state index contributed by atoms with van der Waals surface area (Å²) in [5.74, 6) is -2.53. The third kappa shape index (κ3) is 6.10. The molecule has 1 aliphatic heterocycles. The summed E-state index contributed by atoms with van der Waals surface area (Å²) in [6.07, 6.45) is 2.14. The normalized spacial score (nSPS) is 18.6. The van der Waals surface area contributed by atoms with Gasteiger partial charge in [-0.15, -0.1) is 0 Å². The lowest BCUT2D eigenvalue weighted by molar-refractivity contribution is -0.139. The van der Waals surface area contributed by atoms with E-state index in [1.807, 2.05) is 0 Å². The summed E-state index contributed by atoms with van der Waals surface area (Å²) >= 11 is 0. The molecule has 1 heterocycles. The van der Waals surface area contributed by atoms with Gasteiger partial charge in [-0.05, 0) is 51.3 Å². The maximum Gasteiger partial charge on any atom is 0.244 e. The van der Waals surface area contributed by atoms with E-state index in [0.29, 0.717) is 24.9 Å². The van der Waals surface area contributed by atoms with Crippen LogP contribution in [0.1, 0.15) is 39.2 Å². The predicted molar refractivity (Wildman–Crippen MR) is 111 cm³/mol. The fourth-order valence-corrected chi connectivity index (χ4v) is 4.28. The number of carbonyl (C=O) groups excluding carboxylic acids is 3. The summed E-state index contributed by atoms with van der Waals surface area (Å²) in [5.41, 5.74) is -0.358. The van der Waals surface area contributed by atoms with Crippen LogP contribution in [0.5, 0.6) is 0 Å². The molecule has 1 aromatic carbocycles. The Balaban J connectivity index is 2.01. The van der Waals surface area contributed by atoms with Crippen LogP contribution in [-0.4, -0.2) is 62.1 Å². The fourth-order valence-electron chi connectivity index (χ4n) is 3.53. The number of piperidine rings is 1. The Labute approximate surface area is 176 Å². The molecule has 0 unspecified atom stereocenters. The molecule has 1 N–H and O–H groups in total. The average Bonchev–Trinajstić information content (AvgIpc) is 2.66. The van der Waals surface area contributed by atoms with E-state index in [4.69, 9.17) is 0 Å². The first-order valence-corrected chi connectivity index (χ1v) is 11.9. The maximum atomic E-state index is 13.2. The van der Waals surface area contributed by atoms with Crippen LogP contribution in [0.15, 0.2) is 24.3 Å². The highest BCUT2D eigenvalue weighted by molar-refractivity contribution is 7.91. The smallest absolute Gasteiger partial charge is 0.244 e. The van der Waals surface area contributed by atoms with Gasteiger partial charge in [0.25, 0.3) is 0 Å². The van der Waals surface area contributed by atoms with Gasteiger partial charge in [-0.2, -0.15) is 0 Å². The van der Waals surface area contributed by atoms with Crippen molar-refractivity contribution in [2.45, 2.75) is 45.1 Å². The van der Waals surface area contributed by atoms with E-state index in [1.165, 1.54) is 29.2 Å². The van der Waals surface area contributed by atoms with Crippen LogP contribution in [-0.2, 0) is 29.6 Å². The number of benzene rings is 1.